The third-order valence-corrected chi connectivity index (χ3v) is 4.81. The number of carbonyl (C=O) groups is 1. The number of halogens is 1. The van der Waals surface area contributed by atoms with Crippen molar-refractivity contribution in [2.75, 3.05) is 32.4 Å². The molecule has 0 aliphatic carbocycles. The van der Waals surface area contributed by atoms with E-state index in [2.05, 4.69) is 0 Å². The zero-order valence-corrected chi connectivity index (χ0v) is 13.2. The van der Waals surface area contributed by atoms with E-state index in [1.165, 1.54) is 22.7 Å². The molecule has 1 aromatic rings. The fraction of sp³-hybridized carbons (Fsp3) is 0.400. The molecule has 120 valence electrons. The normalized spacial score (nSPS) is 17.1. The Morgan fingerprint density at radius 2 is 1.95 bits per heavy atom. The minimum atomic E-state index is -3.19. The van der Waals surface area contributed by atoms with Gasteiger partial charge in [-0.15, -0.1) is 0 Å². The van der Waals surface area contributed by atoms with E-state index in [-0.39, 0.29) is 18.1 Å². The molecule has 1 fully saturated rings. The molecule has 5 nitrogen and oxygen atoms in total. The van der Waals surface area contributed by atoms with Gasteiger partial charge < -0.3 is 4.90 Å². The summed E-state index contributed by atoms with van der Waals surface area (Å²) < 4.78 is 37.2. The number of carbonyl (C=O) groups excluding carboxylic acids is 1. The van der Waals surface area contributed by atoms with Crippen LogP contribution in [0.3, 0.4) is 0 Å². The Morgan fingerprint density at radius 1 is 1.27 bits per heavy atom. The molecule has 2 rings (SSSR count). The van der Waals surface area contributed by atoms with E-state index >= 15 is 0 Å². The lowest BCUT2D eigenvalue weighted by atomic mass is 10.2. The molecular formula is C15H19FN2O3S. The topological polar surface area (TPSA) is 57.7 Å². The van der Waals surface area contributed by atoms with Crippen molar-refractivity contribution >= 4 is 22.0 Å². The predicted octanol–water partition coefficient (Wildman–Crippen LogP) is 1.33. The summed E-state index contributed by atoms with van der Waals surface area (Å²) in [6, 6.07) is 6.13. The first-order valence-electron chi connectivity index (χ1n) is 7.01. The van der Waals surface area contributed by atoms with Gasteiger partial charge in [0.05, 0.1) is 6.26 Å². The van der Waals surface area contributed by atoms with Gasteiger partial charge in [-0.05, 0) is 17.7 Å². The lowest BCUT2D eigenvalue weighted by Crippen LogP contribution is -2.50. The van der Waals surface area contributed by atoms with Crippen molar-refractivity contribution in [2.45, 2.75) is 6.42 Å². The summed E-state index contributed by atoms with van der Waals surface area (Å²) in [4.78, 5) is 13.7. The maximum atomic E-state index is 13.0. The van der Waals surface area contributed by atoms with Gasteiger partial charge >= 0.3 is 0 Å². The Bertz CT molecular complexity index is 665. The van der Waals surface area contributed by atoms with Gasteiger partial charge in [-0.25, -0.2) is 12.8 Å². The minimum absolute atomic E-state index is 0.0548. The summed E-state index contributed by atoms with van der Waals surface area (Å²) in [6.07, 6.45) is 4.79. The van der Waals surface area contributed by atoms with Gasteiger partial charge in [0.1, 0.15) is 5.82 Å². The first kappa shape index (κ1) is 16.6. The molecule has 0 unspecified atom stereocenters. The number of benzene rings is 1. The molecule has 0 radical (unpaired) electrons. The quantitative estimate of drug-likeness (QED) is 0.839. The average molecular weight is 326 g/mol. The number of hydrogen-bond acceptors (Lipinski definition) is 3. The molecule has 1 aromatic carbocycles. The average Bonchev–Trinajstić information content (AvgIpc) is 2.46. The highest BCUT2D eigenvalue weighted by atomic mass is 32.2. The largest absolute Gasteiger partial charge is 0.340 e. The smallest absolute Gasteiger partial charge is 0.226 e. The fourth-order valence-corrected chi connectivity index (χ4v) is 3.13. The molecule has 0 atom stereocenters. The van der Waals surface area contributed by atoms with Crippen LogP contribution in [0.15, 0.2) is 30.3 Å². The number of amides is 1. The van der Waals surface area contributed by atoms with Crippen molar-refractivity contribution in [1.82, 2.24) is 9.21 Å². The Morgan fingerprint density at radius 3 is 2.55 bits per heavy atom. The van der Waals surface area contributed by atoms with Crippen LogP contribution in [0.2, 0.25) is 0 Å². The highest BCUT2D eigenvalue weighted by Gasteiger charge is 2.25. The molecule has 1 heterocycles. The Hall–Kier alpha value is -1.73. The van der Waals surface area contributed by atoms with E-state index in [9.17, 15) is 17.6 Å². The van der Waals surface area contributed by atoms with Crippen molar-refractivity contribution in [3.8, 4) is 0 Å². The SMILES string of the molecule is CS(=O)(=O)N1CCN(C(=O)C/C=C/c2cccc(F)c2)CC1. The minimum Gasteiger partial charge on any atom is -0.340 e. The second kappa shape index (κ2) is 7.02. The summed E-state index contributed by atoms with van der Waals surface area (Å²) in [6.45, 7) is 1.47. The Labute approximate surface area is 130 Å². The molecule has 0 saturated carbocycles. The number of hydrogen-bond donors (Lipinski definition) is 0. The zero-order valence-electron chi connectivity index (χ0n) is 12.4. The van der Waals surface area contributed by atoms with Gasteiger partial charge in [-0.3, -0.25) is 4.79 Å². The van der Waals surface area contributed by atoms with E-state index in [0.717, 1.165) is 0 Å². The van der Waals surface area contributed by atoms with Crippen LogP contribution in [0, 0.1) is 5.82 Å². The molecule has 0 aromatic heterocycles. The monoisotopic (exact) mass is 326 g/mol. The highest BCUT2D eigenvalue weighted by molar-refractivity contribution is 7.88. The van der Waals surface area contributed by atoms with Crippen LogP contribution < -0.4 is 0 Å². The standard InChI is InChI=1S/C15H19FN2O3S/c1-22(20,21)18-10-8-17(9-11-18)15(19)7-3-5-13-4-2-6-14(16)12-13/h2-6,12H,7-11H2,1H3/b5-3+. The van der Waals surface area contributed by atoms with Crippen LogP contribution in [0.5, 0.6) is 0 Å². The summed E-state index contributed by atoms with van der Waals surface area (Å²) in [5.74, 6) is -0.369. The van der Waals surface area contributed by atoms with Crippen LogP contribution in [-0.2, 0) is 14.8 Å². The molecule has 1 amide bonds. The van der Waals surface area contributed by atoms with Crippen LogP contribution in [0.25, 0.3) is 6.08 Å². The molecule has 0 bridgehead atoms. The summed E-state index contributed by atoms with van der Waals surface area (Å²) in [5.41, 5.74) is 0.703. The summed E-state index contributed by atoms with van der Waals surface area (Å²) in [5, 5.41) is 0. The van der Waals surface area contributed by atoms with Crippen molar-refractivity contribution in [2.24, 2.45) is 0 Å². The van der Waals surface area contributed by atoms with Crippen molar-refractivity contribution in [1.29, 1.82) is 0 Å². The summed E-state index contributed by atoms with van der Waals surface area (Å²) in [7, 11) is -3.19. The Kier molecular flexibility index (Phi) is 5.31. The van der Waals surface area contributed by atoms with E-state index < -0.39 is 10.0 Å². The lowest BCUT2D eigenvalue weighted by Gasteiger charge is -2.33. The molecule has 1 aliphatic rings. The van der Waals surface area contributed by atoms with Gasteiger partial charge in [0.2, 0.25) is 15.9 Å². The molecule has 1 saturated heterocycles. The lowest BCUT2D eigenvalue weighted by molar-refractivity contribution is -0.131. The molecule has 0 N–H and O–H groups in total. The second-order valence-corrected chi connectivity index (χ2v) is 7.19. The summed E-state index contributed by atoms with van der Waals surface area (Å²) >= 11 is 0. The van der Waals surface area contributed by atoms with Gasteiger partial charge in [0.15, 0.2) is 0 Å². The maximum Gasteiger partial charge on any atom is 0.226 e. The molecule has 1 aliphatic heterocycles. The van der Waals surface area contributed by atoms with Crippen LogP contribution in [0.4, 0.5) is 4.39 Å². The van der Waals surface area contributed by atoms with E-state index in [4.69, 9.17) is 0 Å². The highest BCUT2D eigenvalue weighted by Crippen LogP contribution is 2.09. The molecule has 0 spiro atoms. The van der Waals surface area contributed by atoms with Crippen molar-refractivity contribution in [3.05, 3.63) is 41.7 Å². The number of nitrogens with zero attached hydrogens (tertiary/aromatic N) is 2. The number of rotatable bonds is 4. The van der Waals surface area contributed by atoms with Crippen molar-refractivity contribution < 1.29 is 17.6 Å². The number of sulfonamides is 1. The number of piperazine rings is 1. The zero-order chi connectivity index (χ0) is 16.2. The van der Waals surface area contributed by atoms with Gasteiger partial charge in [0, 0.05) is 32.6 Å². The molecular weight excluding hydrogens is 307 g/mol. The predicted molar refractivity (Wildman–Crippen MR) is 83.0 cm³/mol. The first-order chi connectivity index (χ1) is 10.4. The van der Waals surface area contributed by atoms with Crippen LogP contribution >= 0.6 is 0 Å². The molecule has 22 heavy (non-hydrogen) atoms. The van der Waals surface area contributed by atoms with Gasteiger partial charge in [-0.1, -0.05) is 24.3 Å². The van der Waals surface area contributed by atoms with Gasteiger partial charge in [-0.2, -0.15) is 4.31 Å². The maximum absolute atomic E-state index is 13.0. The van der Waals surface area contributed by atoms with Gasteiger partial charge in [0.25, 0.3) is 0 Å². The van der Waals surface area contributed by atoms with E-state index in [1.54, 1.807) is 29.2 Å². The van der Waals surface area contributed by atoms with E-state index in [0.29, 0.717) is 31.7 Å². The first-order valence-corrected chi connectivity index (χ1v) is 8.86. The third-order valence-electron chi connectivity index (χ3n) is 3.51. The second-order valence-electron chi connectivity index (χ2n) is 5.20. The Balaban J connectivity index is 1.84. The molecule has 7 heteroatoms. The fourth-order valence-electron chi connectivity index (χ4n) is 2.30. The van der Waals surface area contributed by atoms with E-state index in [1.807, 2.05) is 0 Å². The van der Waals surface area contributed by atoms with Crippen molar-refractivity contribution in [3.63, 3.8) is 0 Å². The van der Waals surface area contributed by atoms with Crippen LogP contribution in [-0.4, -0.2) is 56.0 Å². The van der Waals surface area contributed by atoms with Crippen LogP contribution in [0.1, 0.15) is 12.0 Å². The third kappa shape index (κ3) is 4.64.